The van der Waals surface area contributed by atoms with Crippen molar-refractivity contribution in [1.29, 1.82) is 0 Å². The summed E-state index contributed by atoms with van der Waals surface area (Å²) in [6.07, 6.45) is 27.6. The molecule has 0 heterocycles. The van der Waals surface area contributed by atoms with Crippen LogP contribution in [0, 0.1) is 0 Å². The first kappa shape index (κ1) is 33.1. The topological polar surface area (TPSA) is 53.7 Å². The van der Waals surface area contributed by atoms with Crippen LogP contribution in [-0.2, 0) is 13.3 Å². The van der Waals surface area contributed by atoms with Crippen molar-refractivity contribution in [1.82, 2.24) is 0 Å². The fourth-order valence-electron chi connectivity index (χ4n) is 4.97. The van der Waals surface area contributed by atoms with Gasteiger partial charge in [-0.15, -0.1) is 0 Å². The molecular formula is C28H61NO3Si. The van der Waals surface area contributed by atoms with E-state index in [1.54, 1.807) is 21.3 Å². The van der Waals surface area contributed by atoms with Crippen LogP contribution in [0.2, 0.25) is 6.04 Å². The van der Waals surface area contributed by atoms with Gasteiger partial charge in [-0.3, -0.25) is 0 Å². The van der Waals surface area contributed by atoms with Gasteiger partial charge in [-0.05, 0) is 25.7 Å². The summed E-state index contributed by atoms with van der Waals surface area (Å²) in [5.74, 6) is 0. The SMILES string of the molecule is CCCCCCCCCCC(N)(CCCCCCCCCC)CCCC[Si](OC)(OC)OC. The molecular weight excluding hydrogens is 426 g/mol. The van der Waals surface area contributed by atoms with Crippen molar-refractivity contribution in [2.45, 2.75) is 160 Å². The van der Waals surface area contributed by atoms with E-state index in [0.29, 0.717) is 0 Å². The van der Waals surface area contributed by atoms with Gasteiger partial charge in [-0.2, -0.15) is 0 Å². The number of hydrogen-bond acceptors (Lipinski definition) is 4. The lowest BCUT2D eigenvalue weighted by Crippen LogP contribution is -2.43. The van der Waals surface area contributed by atoms with Crippen molar-refractivity contribution in [2.75, 3.05) is 21.3 Å². The first-order valence-electron chi connectivity index (χ1n) is 14.5. The molecule has 0 fully saturated rings. The second-order valence-corrected chi connectivity index (χ2v) is 13.4. The van der Waals surface area contributed by atoms with E-state index in [1.165, 1.54) is 116 Å². The molecule has 0 aromatic heterocycles. The highest BCUT2D eigenvalue weighted by molar-refractivity contribution is 6.60. The van der Waals surface area contributed by atoms with Crippen molar-refractivity contribution in [3.8, 4) is 0 Å². The molecule has 0 amide bonds. The average Bonchev–Trinajstić information content (AvgIpc) is 2.83. The van der Waals surface area contributed by atoms with Crippen LogP contribution >= 0.6 is 0 Å². The van der Waals surface area contributed by atoms with Crippen LogP contribution in [-0.4, -0.2) is 35.7 Å². The maximum Gasteiger partial charge on any atom is 0.500 e. The molecule has 0 radical (unpaired) electrons. The van der Waals surface area contributed by atoms with Gasteiger partial charge < -0.3 is 19.0 Å². The van der Waals surface area contributed by atoms with E-state index in [4.69, 9.17) is 19.0 Å². The molecule has 33 heavy (non-hydrogen) atoms. The predicted molar refractivity (Wildman–Crippen MR) is 147 cm³/mol. The second kappa shape index (κ2) is 22.5. The number of unbranched alkanes of at least 4 members (excludes halogenated alkanes) is 15. The third kappa shape index (κ3) is 18.0. The van der Waals surface area contributed by atoms with E-state index in [2.05, 4.69) is 13.8 Å². The van der Waals surface area contributed by atoms with Crippen LogP contribution in [0.1, 0.15) is 149 Å². The molecule has 200 valence electrons. The lowest BCUT2D eigenvalue weighted by atomic mass is 9.83. The molecule has 0 saturated heterocycles. The zero-order valence-corrected chi connectivity index (χ0v) is 24.4. The van der Waals surface area contributed by atoms with Gasteiger partial charge in [-0.25, -0.2) is 0 Å². The fourth-order valence-corrected chi connectivity index (χ4v) is 6.77. The minimum absolute atomic E-state index is 0.00184. The van der Waals surface area contributed by atoms with Gasteiger partial charge in [-0.1, -0.05) is 123 Å². The summed E-state index contributed by atoms with van der Waals surface area (Å²) in [7, 11) is 2.66. The van der Waals surface area contributed by atoms with Crippen LogP contribution in [0.4, 0.5) is 0 Å². The van der Waals surface area contributed by atoms with Crippen molar-refractivity contribution in [3.05, 3.63) is 0 Å². The smallest absolute Gasteiger partial charge is 0.377 e. The zero-order valence-electron chi connectivity index (χ0n) is 23.4. The van der Waals surface area contributed by atoms with E-state index < -0.39 is 8.80 Å². The predicted octanol–water partition coefficient (Wildman–Crippen LogP) is 8.79. The number of hydrogen-bond donors (Lipinski definition) is 1. The normalized spacial score (nSPS) is 12.5. The number of nitrogens with two attached hydrogens (primary N) is 1. The quantitative estimate of drug-likeness (QED) is 0.0978. The van der Waals surface area contributed by atoms with E-state index in [0.717, 1.165) is 25.3 Å². The molecule has 0 saturated carbocycles. The molecule has 0 unspecified atom stereocenters. The molecule has 0 aliphatic heterocycles. The molecule has 0 aromatic rings. The Bertz CT molecular complexity index is 376. The Kier molecular flexibility index (Phi) is 22.6. The molecule has 2 N–H and O–H groups in total. The summed E-state index contributed by atoms with van der Waals surface area (Å²) in [5, 5.41) is 0. The average molecular weight is 488 g/mol. The Balaban J connectivity index is 4.34. The minimum Gasteiger partial charge on any atom is -0.377 e. The lowest BCUT2D eigenvalue weighted by Gasteiger charge is -2.31. The summed E-state index contributed by atoms with van der Waals surface area (Å²) >= 11 is 0. The molecule has 0 spiro atoms. The van der Waals surface area contributed by atoms with E-state index in [-0.39, 0.29) is 5.54 Å². The Labute approximate surface area is 209 Å². The van der Waals surface area contributed by atoms with Crippen molar-refractivity contribution < 1.29 is 13.3 Å². The number of rotatable bonds is 26. The molecule has 0 rings (SSSR count). The van der Waals surface area contributed by atoms with Gasteiger partial charge >= 0.3 is 8.80 Å². The summed E-state index contributed by atoms with van der Waals surface area (Å²) in [4.78, 5) is 0. The van der Waals surface area contributed by atoms with Gasteiger partial charge in [0.05, 0.1) is 0 Å². The molecule has 0 bridgehead atoms. The van der Waals surface area contributed by atoms with Crippen LogP contribution in [0.25, 0.3) is 0 Å². The van der Waals surface area contributed by atoms with E-state index in [9.17, 15) is 0 Å². The summed E-state index contributed by atoms with van der Waals surface area (Å²) in [6, 6.07) is 0.877. The molecule has 0 atom stereocenters. The van der Waals surface area contributed by atoms with E-state index in [1.807, 2.05) is 0 Å². The van der Waals surface area contributed by atoms with Crippen molar-refractivity contribution in [2.24, 2.45) is 5.73 Å². The molecule has 5 heteroatoms. The second-order valence-electron chi connectivity index (χ2n) is 10.3. The van der Waals surface area contributed by atoms with Crippen LogP contribution in [0.3, 0.4) is 0 Å². The summed E-state index contributed by atoms with van der Waals surface area (Å²) in [5.41, 5.74) is 7.03. The van der Waals surface area contributed by atoms with Crippen molar-refractivity contribution in [3.63, 3.8) is 0 Å². The molecule has 0 aliphatic carbocycles. The highest BCUT2D eigenvalue weighted by Crippen LogP contribution is 2.28. The van der Waals surface area contributed by atoms with Crippen LogP contribution in [0.15, 0.2) is 0 Å². The lowest BCUT2D eigenvalue weighted by molar-refractivity contribution is 0.122. The molecule has 0 aromatic carbocycles. The largest absolute Gasteiger partial charge is 0.500 e. The Morgan fingerprint density at radius 3 is 1.12 bits per heavy atom. The minimum atomic E-state index is -2.45. The highest BCUT2D eigenvalue weighted by atomic mass is 28.4. The Hall–Kier alpha value is 0.0569. The first-order chi connectivity index (χ1) is 16.0. The van der Waals surface area contributed by atoms with Gasteiger partial charge in [0.1, 0.15) is 0 Å². The van der Waals surface area contributed by atoms with Crippen molar-refractivity contribution >= 4 is 8.80 Å². The third-order valence-corrected chi connectivity index (χ3v) is 10.2. The monoisotopic (exact) mass is 487 g/mol. The third-order valence-electron chi connectivity index (χ3n) is 7.40. The van der Waals surface area contributed by atoms with Crippen LogP contribution < -0.4 is 5.73 Å². The fraction of sp³-hybridized carbons (Fsp3) is 1.00. The zero-order chi connectivity index (χ0) is 24.7. The van der Waals surface area contributed by atoms with Gasteiger partial charge in [0.2, 0.25) is 0 Å². The molecule has 4 nitrogen and oxygen atoms in total. The summed E-state index contributed by atoms with van der Waals surface area (Å²) < 4.78 is 16.8. The van der Waals surface area contributed by atoms with Gasteiger partial charge in [0, 0.05) is 32.9 Å². The highest BCUT2D eigenvalue weighted by Gasteiger charge is 2.37. The summed E-state index contributed by atoms with van der Waals surface area (Å²) in [6.45, 7) is 4.57. The maximum absolute atomic E-state index is 7.02. The first-order valence-corrected chi connectivity index (χ1v) is 16.4. The molecule has 0 aliphatic rings. The van der Waals surface area contributed by atoms with E-state index >= 15 is 0 Å². The van der Waals surface area contributed by atoms with Gasteiger partial charge in [0.25, 0.3) is 0 Å². The van der Waals surface area contributed by atoms with Crippen LogP contribution in [0.5, 0.6) is 0 Å². The Morgan fingerprint density at radius 2 is 0.788 bits per heavy atom. The standard InChI is InChI=1S/C28H61NO3Si/c1-6-8-10-12-14-16-18-20-24-28(29,25-21-19-17-15-13-11-9-7-2)26-22-23-27-33(30-3,31-4)32-5/h6-27,29H2,1-5H3. The van der Waals surface area contributed by atoms with Gasteiger partial charge in [0.15, 0.2) is 0 Å². The Morgan fingerprint density at radius 1 is 0.485 bits per heavy atom. The maximum atomic E-state index is 7.02.